The van der Waals surface area contributed by atoms with Crippen molar-refractivity contribution in [2.24, 2.45) is 0 Å². The number of fused-ring (bicyclic) bond motifs is 9. The Labute approximate surface area is 361 Å². The van der Waals surface area contributed by atoms with Crippen LogP contribution in [-0.2, 0) is 0 Å². The van der Waals surface area contributed by atoms with Crippen molar-refractivity contribution in [2.45, 2.75) is 0 Å². The topological polar surface area (TPSA) is 57.0 Å². The zero-order chi connectivity index (χ0) is 41.4. The summed E-state index contributed by atoms with van der Waals surface area (Å²) in [5, 5.41) is 5.38. The summed E-state index contributed by atoms with van der Waals surface area (Å²) >= 11 is 0. The Morgan fingerprint density at radius 2 is 0.952 bits per heavy atom. The van der Waals surface area contributed by atoms with Crippen molar-refractivity contribution in [2.75, 3.05) is 0 Å². The van der Waals surface area contributed by atoms with Gasteiger partial charge in [0.05, 0.1) is 11.0 Å². The molecular formula is C58H35N3O2. The fourth-order valence-corrected chi connectivity index (χ4v) is 9.58. The molecule has 0 aliphatic carbocycles. The Bertz CT molecular complexity index is 3900. The molecule has 5 heteroatoms. The Kier molecular flexibility index (Phi) is 7.84. The maximum atomic E-state index is 6.92. The maximum absolute atomic E-state index is 6.92. The second kappa shape index (κ2) is 14.0. The zero-order valence-corrected chi connectivity index (χ0v) is 33.9. The molecule has 13 rings (SSSR count). The van der Waals surface area contributed by atoms with Gasteiger partial charge < -0.3 is 13.4 Å². The summed E-state index contributed by atoms with van der Waals surface area (Å²) < 4.78 is 15.8. The Hall–Kier alpha value is -8.54. The molecule has 0 spiro atoms. The first kappa shape index (κ1) is 35.2. The van der Waals surface area contributed by atoms with Crippen molar-refractivity contribution in [3.63, 3.8) is 0 Å². The lowest BCUT2D eigenvalue weighted by Gasteiger charge is -2.08. The quantitative estimate of drug-likeness (QED) is 0.168. The molecule has 0 fully saturated rings. The van der Waals surface area contributed by atoms with Gasteiger partial charge in [-0.1, -0.05) is 146 Å². The van der Waals surface area contributed by atoms with Crippen LogP contribution in [0.5, 0.6) is 0 Å². The molecule has 9 aromatic carbocycles. The van der Waals surface area contributed by atoms with Gasteiger partial charge in [-0.2, -0.15) is 0 Å². The van der Waals surface area contributed by atoms with E-state index < -0.39 is 0 Å². The molecular weight excluding hydrogens is 771 g/mol. The standard InChI is InChI=1S/C58H35N3O2/c1-3-12-36(13-4-1)37-24-26-38(27-25-37)39-14-9-15-42(32-39)44-19-10-21-47-56-58(63-57(44)47)55(59-35-60-56)46-20-11-23-53-54(46)49-34-41(29-31-52(49)62-53)40-28-30-51-48(33-40)45-18-7-8-22-50(45)61(51)43-16-5-2-6-17-43/h1-35H. The third-order valence-electron chi connectivity index (χ3n) is 12.5. The van der Waals surface area contributed by atoms with Crippen LogP contribution in [0.15, 0.2) is 221 Å². The summed E-state index contributed by atoms with van der Waals surface area (Å²) in [5.74, 6) is 0. The average molecular weight is 806 g/mol. The lowest BCUT2D eigenvalue weighted by Crippen LogP contribution is -1.92. The molecule has 294 valence electrons. The molecule has 0 unspecified atom stereocenters. The lowest BCUT2D eigenvalue weighted by atomic mass is 9.96. The van der Waals surface area contributed by atoms with Gasteiger partial charge in [0.1, 0.15) is 34.3 Å². The Balaban J connectivity index is 0.921. The van der Waals surface area contributed by atoms with Crippen LogP contribution in [0.4, 0.5) is 0 Å². The third-order valence-corrected chi connectivity index (χ3v) is 12.5. The fraction of sp³-hybridized carbons (Fsp3) is 0. The minimum Gasteiger partial charge on any atom is -0.456 e. The number of furan rings is 2. The van der Waals surface area contributed by atoms with Crippen LogP contribution in [-0.4, -0.2) is 14.5 Å². The van der Waals surface area contributed by atoms with E-state index in [1.54, 1.807) is 6.33 Å². The van der Waals surface area contributed by atoms with E-state index in [9.17, 15) is 0 Å². The molecule has 0 saturated carbocycles. The summed E-state index contributed by atoms with van der Waals surface area (Å²) in [6, 6.07) is 72.8. The van der Waals surface area contributed by atoms with Crippen LogP contribution in [0.2, 0.25) is 0 Å². The predicted molar refractivity (Wildman–Crippen MR) is 258 cm³/mol. The van der Waals surface area contributed by atoms with Crippen molar-refractivity contribution in [3.05, 3.63) is 213 Å². The normalized spacial score (nSPS) is 11.8. The largest absolute Gasteiger partial charge is 0.456 e. The molecule has 13 aromatic rings. The Morgan fingerprint density at radius 1 is 0.349 bits per heavy atom. The van der Waals surface area contributed by atoms with Gasteiger partial charge in [0.2, 0.25) is 0 Å². The first-order valence-corrected chi connectivity index (χ1v) is 21.2. The van der Waals surface area contributed by atoms with E-state index in [0.717, 1.165) is 88.7 Å². The van der Waals surface area contributed by atoms with Gasteiger partial charge in [0, 0.05) is 43.7 Å². The van der Waals surface area contributed by atoms with Gasteiger partial charge in [-0.15, -0.1) is 0 Å². The highest BCUT2D eigenvalue weighted by molar-refractivity contribution is 6.17. The van der Waals surface area contributed by atoms with Gasteiger partial charge in [0.25, 0.3) is 0 Å². The average Bonchev–Trinajstić information content (AvgIpc) is 4.04. The van der Waals surface area contributed by atoms with Gasteiger partial charge >= 0.3 is 0 Å². The predicted octanol–water partition coefficient (Wildman–Crippen LogP) is 15.7. The van der Waals surface area contributed by atoms with Crippen molar-refractivity contribution in [3.8, 4) is 61.5 Å². The first-order chi connectivity index (χ1) is 31.2. The van der Waals surface area contributed by atoms with Crippen molar-refractivity contribution >= 4 is 65.8 Å². The van der Waals surface area contributed by atoms with E-state index >= 15 is 0 Å². The maximum Gasteiger partial charge on any atom is 0.180 e. The monoisotopic (exact) mass is 805 g/mol. The summed E-state index contributed by atoms with van der Waals surface area (Å²) in [6.45, 7) is 0. The van der Waals surface area contributed by atoms with Gasteiger partial charge in [-0.3, -0.25) is 0 Å². The minimum absolute atomic E-state index is 0.644. The second-order valence-corrected chi connectivity index (χ2v) is 16.1. The highest BCUT2D eigenvalue weighted by Crippen LogP contribution is 2.44. The van der Waals surface area contributed by atoms with Gasteiger partial charge in [0.15, 0.2) is 5.58 Å². The second-order valence-electron chi connectivity index (χ2n) is 16.1. The summed E-state index contributed by atoms with van der Waals surface area (Å²) in [7, 11) is 0. The molecule has 4 heterocycles. The van der Waals surface area contributed by atoms with Crippen molar-refractivity contribution in [1.29, 1.82) is 0 Å². The first-order valence-electron chi connectivity index (χ1n) is 21.2. The molecule has 0 atom stereocenters. The molecule has 0 radical (unpaired) electrons. The smallest absolute Gasteiger partial charge is 0.180 e. The molecule has 0 aliphatic rings. The third kappa shape index (κ3) is 5.64. The van der Waals surface area contributed by atoms with Crippen LogP contribution in [0.3, 0.4) is 0 Å². The highest BCUT2D eigenvalue weighted by Gasteiger charge is 2.22. The number of rotatable bonds is 6. The summed E-state index contributed by atoms with van der Waals surface area (Å²) in [5.41, 5.74) is 18.0. The van der Waals surface area contributed by atoms with E-state index in [4.69, 9.17) is 18.8 Å². The highest BCUT2D eigenvalue weighted by atomic mass is 16.3. The molecule has 0 amide bonds. The van der Waals surface area contributed by atoms with E-state index in [1.807, 2.05) is 18.2 Å². The van der Waals surface area contributed by atoms with Crippen molar-refractivity contribution in [1.82, 2.24) is 14.5 Å². The molecule has 5 nitrogen and oxygen atoms in total. The van der Waals surface area contributed by atoms with Crippen LogP contribution in [0.1, 0.15) is 0 Å². The molecule has 4 aromatic heterocycles. The lowest BCUT2D eigenvalue weighted by molar-refractivity contribution is 0.667. The summed E-state index contributed by atoms with van der Waals surface area (Å²) in [4.78, 5) is 9.73. The van der Waals surface area contributed by atoms with Crippen LogP contribution < -0.4 is 0 Å². The fourth-order valence-electron chi connectivity index (χ4n) is 9.58. The number of benzene rings is 9. The van der Waals surface area contributed by atoms with Gasteiger partial charge in [-0.25, -0.2) is 9.97 Å². The number of hydrogen-bond donors (Lipinski definition) is 0. The molecule has 0 N–H and O–H groups in total. The van der Waals surface area contributed by atoms with E-state index in [-0.39, 0.29) is 0 Å². The molecule has 0 bridgehead atoms. The SMILES string of the molecule is c1ccc(-c2ccc(-c3cccc(-c4cccc5c4oc4c(-c6cccc7oc8ccc(-c9ccc%10c(c9)c9ccccc9n%10-c9ccccc9)cc8c67)ncnc45)c3)cc2)cc1. The number of aromatic nitrogens is 3. The van der Waals surface area contributed by atoms with Gasteiger partial charge in [-0.05, 0) is 99.6 Å². The zero-order valence-electron chi connectivity index (χ0n) is 33.9. The molecule has 0 saturated heterocycles. The van der Waals surface area contributed by atoms with Crippen LogP contribution in [0, 0.1) is 0 Å². The number of para-hydroxylation sites is 3. The van der Waals surface area contributed by atoms with E-state index in [0.29, 0.717) is 5.58 Å². The van der Waals surface area contributed by atoms with E-state index in [1.165, 1.54) is 32.9 Å². The Morgan fingerprint density at radius 3 is 1.81 bits per heavy atom. The molecule has 63 heavy (non-hydrogen) atoms. The minimum atomic E-state index is 0.644. The number of nitrogens with zero attached hydrogens (tertiary/aromatic N) is 3. The van der Waals surface area contributed by atoms with Crippen LogP contribution >= 0.6 is 0 Å². The van der Waals surface area contributed by atoms with E-state index in [2.05, 4.69) is 193 Å². The number of hydrogen-bond acceptors (Lipinski definition) is 4. The summed E-state index contributed by atoms with van der Waals surface area (Å²) in [6.07, 6.45) is 1.65. The molecule has 0 aliphatic heterocycles. The van der Waals surface area contributed by atoms with Crippen LogP contribution in [0.25, 0.3) is 127 Å². The van der Waals surface area contributed by atoms with Crippen molar-refractivity contribution < 1.29 is 8.83 Å².